The van der Waals surface area contributed by atoms with Crippen LogP contribution in [-0.4, -0.2) is 58.3 Å². The Kier molecular flexibility index (Phi) is 4.09. The Morgan fingerprint density at radius 1 is 1.14 bits per heavy atom. The van der Waals surface area contributed by atoms with E-state index in [4.69, 9.17) is 4.74 Å². The summed E-state index contributed by atoms with van der Waals surface area (Å²) in [7, 11) is 3.48. The van der Waals surface area contributed by atoms with Gasteiger partial charge in [-0.1, -0.05) is 24.3 Å². The summed E-state index contributed by atoms with van der Waals surface area (Å²) >= 11 is 0. The molecule has 1 saturated heterocycles. The Morgan fingerprint density at radius 2 is 1.93 bits per heavy atom. The second kappa shape index (κ2) is 6.63. The van der Waals surface area contributed by atoms with Gasteiger partial charge in [0.25, 0.3) is 5.91 Å². The van der Waals surface area contributed by atoms with E-state index in [1.165, 1.54) is 11.1 Å². The monoisotopic (exact) mass is 376 g/mol. The van der Waals surface area contributed by atoms with Crippen molar-refractivity contribution in [2.45, 2.75) is 19.0 Å². The molecule has 1 aromatic heterocycles. The fourth-order valence-corrected chi connectivity index (χ4v) is 4.42. The number of aromatic nitrogens is 2. The van der Waals surface area contributed by atoms with Crippen LogP contribution < -0.4 is 4.74 Å². The maximum Gasteiger partial charge on any atom is 0.254 e. The van der Waals surface area contributed by atoms with Gasteiger partial charge in [0.1, 0.15) is 0 Å². The highest BCUT2D eigenvalue weighted by Gasteiger charge is 2.36. The number of carbonyl (C=O) groups excluding carboxylic acids is 1. The molecule has 1 amide bonds. The molecule has 0 bridgehead atoms. The van der Waals surface area contributed by atoms with E-state index in [1.807, 2.05) is 30.1 Å². The standard InChI is InChI=1S/C22H24N4O2/c1-24-22(28-2)19-8-7-16(11-20(19)23-24)21(27)26-13-18(14-26)25-10-9-15-5-3-4-6-17(15)12-25/h3-8,11,18H,9-10,12-14H2,1-2H3. The van der Waals surface area contributed by atoms with Crippen LogP contribution in [0.2, 0.25) is 0 Å². The van der Waals surface area contributed by atoms with Crippen LogP contribution in [0.1, 0.15) is 21.5 Å². The molecule has 2 aliphatic heterocycles. The van der Waals surface area contributed by atoms with Gasteiger partial charge < -0.3 is 9.64 Å². The summed E-state index contributed by atoms with van der Waals surface area (Å²) in [6, 6.07) is 14.8. The van der Waals surface area contributed by atoms with Crippen LogP contribution in [0.25, 0.3) is 10.9 Å². The Balaban J connectivity index is 1.26. The maximum absolute atomic E-state index is 12.9. The lowest BCUT2D eigenvalue weighted by molar-refractivity contribution is 0.0218. The van der Waals surface area contributed by atoms with Crippen molar-refractivity contribution in [1.29, 1.82) is 0 Å². The Hall–Kier alpha value is -2.86. The van der Waals surface area contributed by atoms with Crippen LogP contribution in [0, 0.1) is 0 Å². The molecule has 0 unspecified atom stereocenters. The van der Waals surface area contributed by atoms with E-state index in [-0.39, 0.29) is 5.91 Å². The number of rotatable bonds is 3. The predicted molar refractivity (Wildman–Crippen MR) is 108 cm³/mol. The number of ether oxygens (including phenoxy) is 1. The predicted octanol–water partition coefficient (Wildman–Crippen LogP) is 2.46. The molecular weight excluding hydrogens is 352 g/mol. The van der Waals surface area contributed by atoms with Crippen molar-refractivity contribution < 1.29 is 9.53 Å². The maximum atomic E-state index is 12.9. The van der Waals surface area contributed by atoms with Crippen LogP contribution in [0.5, 0.6) is 5.88 Å². The van der Waals surface area contributed by atoms with E-state index >= 15 is 0 Å². The highest BCUT2D eigenvalue weighted by molar-refractivity contribution is 5.99. The fourth-order valence-electron chi connectivity index (χ4n) is 4.42. The van der Waals surface area contributed by atoms with Crippen molar-refractivity contribution in [3.05, 3.63) is 59.2 Å². The Labute approximate surface area is 164 Å². The molecule has 2 aromatic carbocycles. The molecule has 0 atom stereocenters. The van der Waals surface area contributed by atoms with E-state index in [2.05, 4.69) is 34.3 Å². The summed E-state index contributed by atoms with van der Waals surface area (Å²) in [6.45, 7) is 3.65. The minimum atomic E-state index is 0.0835. The highest BCUT2D eigenvalue weighted by Crippen LogP contribution is 2.28. The molecule has 1 fully saturated rings. The average Bonchev–Trinajstić information content (AvgIpc) is 3.00. The van der Waals surface area contributed by atoms with Crippen molar-refractivity contribution in [3.63, 3.8) is 0 Å². The normalized spacial score (nSPS) is 17.4. The molecule has 6 nitrogen and oxygen atoms in total. The van der Waals surface area contributed by atoms with Crippen LogP contribution in [0.4, 0.5) is 0 Å². The number of fused-ring (bicyclic) bond motifs is 2. The van der Waals surface area contributed by atoms with E-state index in [1.54, 1.807) is 11.8 Å². The third kappa shape index (κ3) is 2.76. The topological polar surface area (TPSA) is 50.6 Å². The number of likely N-dealkylation sites (tertiary alicyclic amines) is 1. The fraction of sp³-hybridized carbons (Fsp3) is 0.364. The van der Waals surface area contributed by atoms with Gasteiger partial charge in [0.05, 0.1) is 18.0 Å². The summed E-state index contributed by atoms with van der Waals surface area (Å²) in [5, 5.41) is 5.38. The minimum Gasteiger partial charge on any atom is -0.481 e. The van der Waals surface area contributed by atoms with Gasteiger partial charge in [0.2, 0.25) is 5.88 Å². The smallest absolute Gasteiger partial charge is 0.254 e. The second-order valence-electron chi connectivity index (χ2n) is 7.72. The molecule has 0 radical (unpaired) electrons. The number of carbonyl (C=O) groups is 1. The van der Waals surface area contributed by atoms with Gasteiger partial charge in [-0.3, -0.25) is 9.69 Å². The average molecular weight is 376 g/mol. The molecule has 6 heteroatoms. The van der Waals surface area contributed by atoms with Crippen LogP contribution in [0.15, 0.2) is 42.5 Å². The molecular formula is C22H24N4O2. The van der Waals surface area contributed by atoms with Crippen LogP contribution in [0.3, 0.4) is 0 Å². The lowest BCUT2D eigenvalue weighted by Gasteiger charge is -2.47. The summed E-state index contributed by atoms with van der Waals surface area (Å²) < 4.78 is 7.09. The quantitative estimate of drug-likeness (QED) is 0.705. The molecule has 2 aliphatic rings. The molecule has 0 spiro atoms. The largest absolute Gasteiger partial charge is 0.481 e. The van der Waals surface area contributed by atoms with E-state index in [0.717, 1.165) is 43.5 Å². The van der Waals surface area contributed by atoms with Gasteiger partial charge in [-0.15, -0.1) is 0 Å². The molecule has 0 saturated carbocycles. The molecule has 3 aromatic rings. The van der Waals surface area contributed by atoms with E-state index in [0.29, 0.717) is 17.5 Å². The van der Waals surface area contributed by atoms with E-state index in [9.17, 15) is 4.79 Å². The number of benzene rings is 2. The van der Waals surface area contributed by atoms with Crippen LogP contribution >= 0.6 is 0 Å². The van der Waals surface area contributed by atoms with Crippen LogP contribution in [-0.2, 0) is 20.0 Å². The Morgan fingerprint density at radius 3 is 2.71 bits per heavy atom. The third-order valence-corrected chi connectivity index (χ3v) is 6.05. The summed E-state index contributed by atoms with van der Waals surface area (Å²) in [6.07, 6.45) is 1.10. The highest BCUT2D eigenvalue weighted by atomic mass is 16.5. The molecule has 0 N–H and O–H groups in total. The zero-order chi connectivity index (χ0) is 19.3. The SMILES string of the molecule is COc1c2ccc(C(=O)N3CC(N4CCc5ccccc5C4)C3)cc2nn1C. The first kappa shape index (κ1) is 17.3. The van der Waals surface area contributed by atoms with Gasteiger partial charge >= 0.3 is 0 Å². The lowest BCUT2D eigenvalue weighted by Crippen LogP contribution is -2.61. The Bertz CT molecular complexity index is 1050. The number of amides is 1. The second-order valence-corrected chi connectivity index (χ2v) is 7.72. The minimum absolute atomic E-state index is 0.0835. The first-order valence-corrected chi connectivity index (χ1v) is 9.75. The number of aryl methyl sites for hydroxylation is 1. The zero-order valence-corrected chi connectivity index (χ0v) is 16.3. The van der Waals surface area contributed by atoms with Gasteiger partial charge in [0, 0.05) is 44.8 Å². The number of hydrogen-bond acceptors (Lipinski definition) is 4. The van der Waals surface area contributed by atoms with Crippen molar-refractivity contribution in [1.82, 2.24) is 19.6 Å². The first-order valence-electron chi connectivity index (χ1n) is 9.75. The van der Waals surface area contributed by atoms with Crippen molar-refractivity contribution in [3.8, 4) is 5.88 Å². The molecule has 0 aliphatic carbocycles. The van der Waals surface area contributed by atoms with Gasteiger partial charge in [0.15, 0.2) is 0 Å². The number of hydrogen-bond donors (Lipinski definition) is 0. The number of methoxy groups -OCH3 is 1. The van der Waals surface area contributed by atoms with Crippen molar-refractivity contribution in [2.24, 2.45) is 7.05 Å². The third-order valence-electron chi connectivity index (χ3n) is 6.05. The first-order chi connectivity index (χ1) is 13.6. The van der Waals surface area contributed by atoms with Gasteiger partial charge in [-0.2, -0.15) is 5.10 Å². The lowest BCUT2D eigenvalue weighted by atomic mass is 9.96. The molecule has 28 heavy (non-hydrogen) atoms. The summed E-state index contributed by atoms with van der Waals surface area (Å²) in [5.41, 5.74) is 4.36. The van der Waals surface area contributed by atoms with Gasteiger partial charge in [-0.05, 0) is 35.7 Å². The van der Waals surface area contributed by atoms with E-state index < -0.39 is 0 Å². The van der Waals surface area contributed by atoms with Crippen molar-refractivity contribution >= 4 is 16.8 Å². The summed E-state index contributed by atoms with van der Waals surface area (Å²) in [5.74, 6) is 0.795. The molecule has 144 valence electrons. The number of nitrogens with zero attached hydrogens (tertiary/aromatic N) is 4. The summed E-state index contributed by atoms with van der Waals surface area (Å²) in [4.78, 5) is 17.4. The zero-order valence-electron chi connectivity index (χ0n) is 16.3. The van der Waals surface area contributed by atoms with Gasteiger partial charge in [-0.25, -0.2) is 4.68 Å². The molecule has 5 rings (SSSR count). The van der Waals surface area contributed by atoms with Crippen molar-refractivity contribution in [2.75, 3.05) is 26.7 Å². The molecule has 3 heterocycles.